The van der Waals surface area contributed by atoms with Crippen LogP contribution in [-0.2, 0) is 6.54 Å². The number of nitrogens with zero attached hydrogens (tertiary/aromatic N) is 3. The molecular formula is C18H19N3O. The summed E-state index contributed by atoms with van der Waals surface area (Å²) in [4.78, 5) is 8.90. The van der Waals surface area contributed by atoms with Crippen LogP contribution in [0.2, 0.25) is 0 Å². The number of phenols is 1. The van der Waals surface area contributed by atoms with E-state index in [1.807, 2.05) is 24.7 Å². The van der Waals surface area contributed by atoms with Crippen LogP contribution in [0.15, 0.2) is 42.9 Å². The number of benzene rings is 1. The molecular weight excluding hydrogens is 274 g/mol. The Kier molecular flexibility index (Phi) is 3.29. The van der Waals surface area contributed by atoms with Gasteiger partial charge < -0.3 is 9.67 Å². The van der Waals surface area contributed by atoms with Crippen molar-refractivity contribution in [2.75, 3.05) is 0 Å². The van der Waals surface area contributed by atoms with E-state index in [4.69, 9.17) is 0 Å². The Balaban J connectivity index is 1.70. The Morgan fingerprint density at radius 3 is 2.59 bits per heavy atom. The van der Waals surface area contributed by atoms with Gasteiger partial charge in [-0.05, 0) is 42.5 Å². The maximum absolute atomic E-state index is 9.42. The highest BCUT2D eigenvalue weighted by Crippen LogP contribution is 2.28. The third kappa shape index (κ3) is 2.45. The lowest BCUT2D eigenvalue weighted by atomic mass is 10.1. The number of hydrogen-bond donors (Lipinski definition) is 1. The zero-order valence-electron chi connectivity index (χ0n) is 12.4. The molecule has 4 nitrogen and oxygen atoms in total. The highest BCUT2D eigenvalue weighted by atomic mass is 16.3. The predicted molar refractivity (Wildman–Crippen MR) is 86.6 cm³/mol. The standard InChI is InChI=1S/C18H19N3O/c22-16-7-5-14(6-8-16)15-9-17-18(19-10-15)20-12-21(17)11-13-3-1-2-4-13/h5-10,12-13,22H,1-4,11H2. The molecule has 1 fully saturated rings. The molecule has 0 amide bonds. The Hall–Kier alpha value is -2.36. The van der Waals surface area contributed by atoms with Crippen LogP contribution in [-0.4, -0.2) is 19.6 Å². The fourth-order valence-corrected chi connectivity index (χ4v) is 3.37. The average Bonchev–Trinajstić information content (AvgIpc) is 3.18. The van der Waals surface area contributed by atoms with Crippen molar-refractivity contribution in [2.45, 2.75) is 32.2 Å². The SMILES string of the molecule is Oc1ccc(-c2cnc3ncn(CC4CCCC4)c3c2)cc1. The Morgan fingerprint density at radius 1 is 1.05 bits per heavy atom. The molecule has 0 atom stereocenters. The zero-order chi connectivity index (χ0) is 14.9. The van der Waals surface area contributed by atoms with Crippen LogP contribution in [0.1, 0.15) is 25.7 Å². The molecule has 2 heterocycles. The summed E-state index contributed by atoms with van der Waals surface area (Å²) < 4.78 is 2.24. The first kappa shape index (κ1) is 13.3. The van der Waals surface area contributed by atoms with Crippen LogP contribution < -0.4 is 0 Å². The monoisotopic (exact) mass is 293 g/mol. The minimum Gasteiger partial charge on any atom is -0.508 e. The van der Waals surface area contributed by atoms with Gasteiger partial charge in [0.05, 0.1) is 11.8 Å². The maximum atomic E-state index is 9.42. The lowest BCUT2D eigenvalue weighted by Gasteiger charge is -2.11. The fraction of sp³-hybridized carbons (Fsp3) is 0.333. The molecule has 0 spiro atoms. The zero-order valence-corrected chi connectivity index (χ0v) is 12.4. The number of hydrogen-bond acceptors (Lipinski definition) is 3. The fourth-order valence-electron chi connectivity index (χ4n) is 3.37. The molecule has 3 aromatic rings. The summed E-state index contributed by atoms with van der Waals surface area (Å²) in [6.45, 7) is 1.04. The molecule has 1 aliphatic rings. The first-order valence-corrected chi connectivity index (χ1v) is 7.90. The molecule has 2 aromatic heterocycles. The van der Waals surface area contributed by atoms with Crippen molar-refractivity contribution in [1.29, 1.82) is 0 Å². The smallest absolute Gasteiger partial charge is 0.177 e. The number of aromatic nitrogens is 3. The van der Waals surface area contributed by atoms with E-state index < -0.39 is 0 Å². The maximum Gasteiger partial charge on any atom is 0.177 e. The molecule has 0 radical (unpaired) electrons. The van der Waals surface area contributed by atoms with Gasteiger partial charge in [0.2, 0.25) is 0 Å². The summed E-state index contributed by atoms with van der Waals surface area (Å²) in [7, 11) is 0. The van der Waals surface area contributed by atoms with Gasteiger partial charge in [-0.25, -0.2) is 9.97 Å². The number of phenolic OH excluding ortho intramolecular Hbond substituents is 1. The van der Waals surface area contributed by atoms with Crippen molar-refractivity contribution >= 4 is 11.2 Å². The molecule has 0 aliphatic heterocycles. The van der Waals surface area contributed by atoms with Gasteiger partial charge in [0.15, 0.2) is 5.65 Å². The molecule has 0 saturated heterocycles. The largest absolute Gasteiger partial charge is 0.508 e. The molecule has 0 bridgehead atoms. The van der Waals surface area contributed by atoms with Crippen molar-refractivity contribution in [1.82, 2.24) is 14.5 Å². The van der Waals surface area contributed by atoms with Crippen LogP contribution in [0.25, 0.3) is 22.3 Å². The second-order valence-electron chi connectivity index (χ2n) is 6.16. The van der Waals surface area contributed by atoms with Gasteiger partial charge in [-0.3, -0.25) is 0 Å². The van der Waals surface area contributed by atoms with Crippen LogP contribution >= 0.6 is 0 Å². The number of rotatable bonds is 3. The van der Waals surface area contributed by atoms with Gasteiger partial charge in [0, 0.05) is 18.3 Å². The second-order valence-corrected chi connectivity index (χ2v) is 6.16. The van der Waals surface area contributed by atoms with Crippen LogP contribution in [0.5, 0.6) is 5.75 Å². The van der Waals surface area contributed by atoms with E-state index in [9.17, 15) is 5.11 Å². The number of fused-ring (bicyclic) bond motifs is 1. The lowest BCUT2D eigenvalue weighted by molar-refractivity contribution is 0.464. The summed E-state index contributed by atoms with van der Waals surface area (Å²) >= 11 is 0. The summed E-state index contributed by atoms with van der Waals surface area (Å²) in [5.41, 5.74) is 4.01. The quantitative estimate of drug-likeness (QED) is 0.794. The first-order valence-electron chi connectivity index (χ1n) is 7.90. The van der Waals surface area contributed by atoms with Gasteiger partial charge >= 0.3 is 0 Å². The Bertz CT molecular complexity index is 786. The highest BCUT2D eigenvalue weighted by Gasteiger charge is 2.17. The first-order chi connectivity index (χ1) is 10.8. The van der Waals surface area contributed by atoms with Crippen molar-refractivity contribution < 1.29 is 5.11 Å². The number of imidazole rings is 1. The topological polar surface area (TPSA) is 50.9 Å². The van der Waals surface area contributed by atoms with Crippen molar-refractivity contribution in [3.05, 3.63) is 42.9 Å². The van der Waals surface area contributed by atoms with Crippen LogP contribution in [0.4, 0.5) is 0 Å². The number of aromatic hydroxyl groups is 1. The predicted octanol–water partition coefficient (Wildman–Crippen LogP) is 3.99. The van der Waals surface area contributed by atoms with Crippen LogP contribution in [0.3, 0.4) is 0 Å². The summed E-state index contributed by atoms with van der Waals surface area (Å²) in [6.07, 6.45) is 9.12. The third-order valence-electron chi connectivity index (χ3n) is 4.61. The summed E-state index contributed by atoms with van der Waals surface area (Å²) in [5, 5.41) is 9.42. The van der Waals surface area contributed by atoms with Crippen molar-refractivity contribution in [3.8, 4) is 16.9 Å². The molecule has 4 heteroatoms. The van der Waals surface area contributed by atoms with Gasteiger partial charge in [-0.1, -0.05) is 25.0 Å². The summed E-state index contributed by atoms with van der Waals surface area (Å²) in [5.74, 6) is 1.05. The van der Waals surface area contributed by atoms with E-state index in [0.717, 1.165) is 34.8 Å². The Labute approximate surface area is 129 Å². The van der Waals surface area contributed by atoms with Gasteiger partial charge in [-0.2, -0.15) is 0 Å². The molecule has 4 rings (SSSR count). The lowest BCUT2D eigenvalue weighted by Crippen LogP contribution is -2.06. The van der Waals surface area contributed by atoms with Gasteiger partial charge in [-0.15, -0.1) is 0 Å². The van der Waals surface area contributed by atoms with Crippen molar-refractivity contribution in [3.63, 3.8) is 0 Å². The minimum atomic E-state index is 0.282. The van der Waals surface area contributed by atoms with Gasteiger partial charge in [0.25, 0.3) is 0 Å². The third-order valence-corrected chi connectivity index (χ3v) is 4.61. The number of pyridine rings is 1. The van der Waals surface area contributed by atoms with E-state index in [1.54, 1.807) is 12.1 Å². The normalized spacial score (nSPS) is 15.6. The molecule has 1 aliphatic carbocycles. The second kappa shape index (κ2) is 5.44. The van der Waals surface area contributed by atoms with E-state index >= 15 is 0 Å². The molecule has 1 aromatic carbocycles. The molecule has 1 N–H and O–H groups in total. The highest BCUT2D eigenvalue weighted by molar-refractivity contribution is 5.78. The summed E-state index contributed by atoms with van der Waals surface area (Å²) in [6, 6.07) is 9.38. The van der Waals surface area contributed by atoms with E-state index in [2.05, 4.69) is 20.6 Å². The van der Waals surface area contributed by atoms with E-state index in [0.29, 0.717) is 0 Å². The minimum absolute atomic E-state index is 0.282. The average molecular weight is 293 g/mol. The molecule has 0 unspecified atom stereocenters. The van der Waals surface area contributed by atoms with Crippen LogP contribution in [0, 0.1) is 5.92 Å². The van der Waals surface area contributed by atoms with E-state index in [-0.39, 0.29) is 5.75 Å². The molecule has 22 heavy (non-hydrogen) atoms. The van der Waals surface area contributed by atoms with E-state index in [1.165, 1.54) is 25.7 Å². The molecule has 112 valence electrons. The Morgan fingerprint density at radius 2 is 1.82 bits per heavy atom. The molecule has 1 saturated carbocycles. The van der Waals surface area contributed by atoms with Crippen molar-refractivity contribution in [2.24, 2.45) is 5.92 Å². The van der Waals surface area contributed by atoms with Gasteiger partial charge in [0.1, 0.15) is 5.75 Å².